The van der Waals surface area contributed by atoms with E-state index in [1.807, 2.05) is 96.4 Å². The Hall–Kier alpha value is -3.78. The first-order valence-corrected chi connectivity index (χ1v) is 11.7. The second-order valence-corrected chi connectivity index (χ2v) is 8.83. The molecule has 1 atom stereocenters. The Labute approximate surface area is 203 Å². The zero-order chi connectivity index (χ0) is 23.9. The van der Waals surface area contributed by atoms with Crippen LogP contribution in [-0.2, 0) is 11.4 Å². The summed E-state index contributed by atoms with van der Waals surface area (Å²) in [4.78, 5) is 14.7. The van der Waals surface area contributed by atoms with Gasteiger partial charge >= 0.3 is 0 Å². The van der Waals surface area contributed by atoms with Crippen molar-refractivity contribution in [1.82, 2.24) is 14.8 Å². The first-order valence-electron chi connectivity index (χ1n) is 10.8. The van der Waals surface area contributed by atoms with Crippen molar-refractivity contribution in [1.29, 1.82) is 0 Å². The van der Waals surface area contributed by atoms with E-state index in [9.17, 15) is 4.79 Å². The molecule has 0 aliphatic carbocycles. The van der Waals surface area contributed by atoms with E-state index in [2.05, 4.69) is 10.2 Å². The number of ether oxygens (including phenoxy) is 2. The molecule has 0 aliphatic heterocycles. The van der Waals surface area contributed by atoms with Gasteiger partial charge in [0.1, 0.15) is 18.1 Å². The van der Waals surface area contributed by atoms with Crippen LogP contribution in [0.15, 0.2) is 90.1 Å². The van der Waals surface area contributed by atoms with E-state index in [1.165, 1.54) is 11.8 Å². The highest BCUT2D eigenvalue weighted by Gasteiger charge is 2.24. The highest BCUT2D eigenvalue weighted by atomic mass is 32.2. The molecule has 0 spiro atoms. The number of carbonyl (C=O) groups is 1. The maximum absolute atomic E-state index is 13.1. The summed E-state index contributed by atoms with van der Waals surface area (Å²) in [5, 5.41) is 9.02. The number of carbonyl (C=O) groups excluding carboxylic acids is 1. The van der Waals surface area contributed by atoms with Crippen LogP contribution >= 0.6 is 11.8 Å². The number of thioether (sulfide) groups is 1. The summed E-state index contributed by atoms with van der Waals surface area (Å²) in [6.45, 7) is 2.10. The molecule has 7 nitrogen and oxygen atoms in total. The third-order valence-electron chi connectivity index (χ3n) is 5.25. The number of benzene rings is 3. The highest BCUT2D eigenvalue weighted by Crippen LogP contribution is 2.28. The number of para-hydroxylation sites is 2. The molecule has 1 unspecified atom stereocenters. The van der Waals surface area contributed by atoms with E-state index < -0.39 is 0 Å². The number of methoxy groups -OCH3 is 1. The molecule has 0 radical (unpaired) electrons. The number of amides is 1. The lowest BCUT2D eigenvalue weighted by Crippen LogP contribution is -2.33. The van der Waals surface area contributed by atoms with Gasteiger partial charge in [-0.15, -0.1) is 10.2 Å². The van der Waals surface area contributed by atoms with Crippen molar-refractivity contribution in [3.05, 3.63) is 90.8 Å². The lowest BCUT2D eigenvalue weighted by atomic mass is 10.3. The SMILES string of the molecule is COc1ccc(OCc2nnc(SC(C)C(=O)N(C)c3ccccc3)n2-c2ccccc2)cc1. The fraction of sp³-hybridized carbons (Fsp3) is 0.192. The van der Waals surface area contributed by atoms with Crippen molar-refractivity contribution in [2.45, 2.75) is 23.9 Å². The first kappa shape index (κ1) is 23.4. The second kappa shape index (κ2) is 10.9. The average Bonchev–Trinajstić information content (AvgIpc) is 3.30. The lowest BCUT2D eigenvalue weighted by Gasteiger charge is -2.21. The minimum Gasteiger partial charge on any atom is -0.497 e. The van der Waals surface area contributed by atoms with E-state index in [0.717, 1.165) is 17.1 Å². The van der Waals surface area contributed by atoms with Gasteiger partial charge in [-0.1, -0.05) is 48.2 Å². The summed E-state index contributed by atoms with van der Waals surface area (Å²) < 4.78 is 13.1. The number of aromatic nitrogens is 3. The molecule has 0 aliphatic rings. The Kier molecular flexibility index (Phi) is 7.49. The van der Waals surface area contributed by atoms with Crippen LogP contribution in [0.4, 0.5) is 5.69 Å². The lowest BCUT2D eigenvalue weighted by molar-refractivity contribution is -0.117. The van der Waals surface area contributed by atoms with Crippen LogP contribution < -0.4 is 14.4 Å². The Balaban J connectivity index is 1.54. The highest BCUT2D eigenvalue weighted by molar-refractivity contribution is 8.00. The predicted octanol–water partition coefficient (Wildman–Crippen LogP) is 5.00. The molecular weight excluding hydrogens is 448 g/mol. The van der Waals surface area contributed by atoms with E-state index in [0.29, 0.717) is 16.7 Å². The van der Waals surface area contributed by atoms with Crippen molar-refractivity contribution in [2.75, 3.05) is 19.1 Å². The van der Waals surface area contributed by atoms with Gasteiger partial charge in [0, 0.05) is 18.4 Å². The van der Waals surface area contributed by atoms with E-state index in [-0.39, 0.29) is 17.8 Å². The second-order valence-electron chi connectivity index (χ2n) is 7.53. The normalized spacial score (nSPS) is 11.6. The van der Waals surface area contributed by atoms with Gasteiger partial charge in [-0.2, -0.15) is 0 Å². The van der Waals surface area contributed by atoms with Crippen molar-refractivity contribution < 1.29 is 14.3 Å². The zero-order valence-electron chi connectivity index (χ0n) is 19.3. The first-order chi connectivity index (χ1) is 16.6. The van der Waals surface area contributed by atoms with Gasteiger partial charge in [0.2, 0.25) is 5.91 Å². The predicted molar refractivity (Wildman–Crippen MR) is 134 cm³/mol. The summed E-state index contributed by atoms with van der Waals surface area (Å²) in [5.41, 5.74) is 1.75. The summed E-state index contributed by atoms with van der Waals surface area (Å²) in [6.07, 6.45) is 0. The molecule has 0 fully saturated rings. The molecule has 0 saturated carbocycles. The van der Waals surface area contributed by atoms with Crippen LogP contribution in [0.2, 0.25) is 0 Å². The topological polar surface area (TPSA) is 69.5 Å². The minimum atomic E-state index is -0.368. The molecule has 8 heteroatoms. The van der Waals surface area contributed by atoms with Gasteiger partial charge in [0.25, 0.3) is 0 Å². The number of hydrogen-bond acceptors (Lipinski definition) is 6. The fourth-order valence-electron chi connectivity index (χ4n) is 3.39. The van der Waals surface area contributed by atoms with Crippen LogP contribution in [0.5, 0.6) is 11.5 Å². The van der Waals surface area contributed by atoms with Crippen molar-refractivity contribution in [3.8, 4) is 17.2 Å². The molecule has 1 aromatic heterocycles. The maximum atomic E-state index is 13.1. The van der Waals surface area contributed by atoms with E-state index in [4.69, 9.17) is 9.47 Å². The number of anilines is 1. The van der Waals surface area contributed by atoms with Crippen LogP contribution in [0, 0.1) is 0 Å². The molecule has 0 bridgehead atoms. The molecule has 1 amide bonds. The summed E-state index contributed by atoms with van der Waals surface area (Å²) in [5.74, 6) is 2.08. The Morgan fingerprint density at radius 1 is 0.941 bits per heavy atom. The van der Waals surface area contributed by atoms with Gasteiger partial charge in [-0.05, 0) is 55.5 Å². The molecule has 174 valence electrons. The summed E-state index contributed by atoms with van der Waals surface area (Å²) in [6, 6.07) is 26.8. The molecule has 0 saturated heterocycles. The van der Waals surface area contributed by atoms with Gasteiger partial charge < -0.3 is 14.4 Å². The molecule has 4 rings (SSSR count). The van der Waals surface area contributed by atoms with Gasteiger partial charge in [-0.25, -0.2) is 0 Å². The molecule has 1 heterocycles. The van der Waals surface area contributed by atoms with E-state index >= 15 is 0 Å². The van der Waals surface area contributed by atoms with Crippen LogP contribution in [0.3, 0.4) is 0 Å². The fourth-order valence-corrected chi connectivity index (χ4v) is 4.37. The van der Waals surface area contributed by atoms with Crippen LogP contribution in [0.25, 0.3) is 5.69 Å². The standard InChI is InChI=1S/C26H26N4O3S/c1-19(25(31)29(2)20-10-6-4-7-11-20)34-26-28-27-24(30(26)21-12-8-5-9-13-21)18-33-23-16-14-22(32-3)15-17-23/h4-17,19H,18H2,1-3H3. The number of nitrogens with zero attached hydrogens (tertiary/aromatic N) is 4. The summed E-state index contributed by atoms with van der Waals surface area (Å²) >= 11 is 1.37. The molecule has 3 aromatic carbocycles. The quantitative estimate of drug-likeness (QED) is 0.318. The van der Waals surface area contributed by atoms with Gasteiger partial charge in [0.05, 0.1) is 12.4 Å². The monoisotopic (exact) mass is 474 g/mol. The van der Waals surface area contributed by atoms with Crippen molar-refractivity contribution >= 4 is 23.4 Å². The minimum absolute atomic E-state index is 0.0187. The third-order valence-corrected chi connectivity index (χ3v) is 6.28. The van der Waals surface area contributed by atoms with Gasteiger partial charge in [0.15, 0.2) is 11.0 Å². The number of hydrogen-bond donors (Lipinski definition) is 0. The van der Waals surface area contributed by atoms with Crippen molar-refractivity contribution in [3.63, 3.8) is 0 Å². The Morgan fingerprint density at radius 2 is 1.56 bits per heavy atom. The molecular formula is C26H26N4O3S. The maximum Gasteiger partial charge on any atom is 0.240 e. The molecule has 0 N–H and O–H groups in total. The summed E-state index contributed by atoms with van der Waals surface area (Å²) in [7, 11) is 3.41. The smallest absolute Gasteiger partial charge is 0.240 e. The van der Waals surface area contributed by atoms with Crippen LogP contribution in [-0.4, -0.2) is 40.1 Å². The third kappa shape index (κ3) is 5.40. The Bertz CT molecular complexity index is 1210. The van der Waals surface area contributed by atoms with Crippen molar-refractivity contribution in [2.24, 2.45) is 0 Å². The average molecular weight is 475 g/mol. The molecule has 4 aromatic rings. The Morgan fingerprint density at radius 3 is 2.21 bits per heavy atom. The zero-order valence-corrected chi connectivity index (χ0v) is 20.1. The van der Waals surface area contributed by atoms with E-state index in [1.54, 1.807) is 19.1 Å². The van der Waals surface area contributed by atoms with Crippen LogP contribution in [0.1, 0.15) is 12.7 Å². The largest absolute Gasteiger partial charge is 0.497 e. The molecule has 34 heavy (non-hydrogen) atoms. The van der Waals surface area contributed by atoms with Gasteiger partial charge in [-0.3, -0.25) is 9.36 Å². The number of rotatable bonds is 9.